The Hall–Kier alpha value is -0.890. The van der Waals surface area contributed by atoms with E-state index in [0.717, 1.165) is 17.6 Å². The van der Waals surface area contributed by atoms with Crippen LogP contribution in [0.3, 0.4) is 0 Å². The highest BCUT2D eigenvalue weighted by Gasteiger charge is 2.16. The highest BCUT2D eigenvalue weighted by Crippen LogP contribution is 2.23. The van der Waals surface area contributed by atoms with Gasteiger partial charge < -0.3 is 5.11 Å². The largest absolute Gasteiger partial charge is 0.389 e. The summed E-state index contributed by atoms with van der Waals surface area (Å²) >= 11 is 0. The number of rotatable bonds is 2. The normalized spacial score (nSPS) is 21.1. The Morgan fingerprint density at radius 2 is 2.17 bits per heavy atom. The smallest absolute Gasteiger partial charge is 0.159 e. The van der Waals surface area contributed by atoms with Crippen molar-refractivity contribution >= 4 is 5.78 Å². The van der Waals surface area contributed by atoms with Gasteiger partial charge in [-0.25, -0.2) is 0 Å². The molecule has 0 aliphatic heterocycles. The van der Waals surface area contributed by atoms with E-state index in [1.807, 2.05) is 13.0 Å². The maximum Gasteiger partial charge on any atom is 0.159 e. The Labute approximate surface area is 72.6 Å². The highest BCUT2D eigenvalue weighted by molar-refractivity contribution is 5.98. The Kier molecular flexibility index (Phi) is 2.82. The number of hydrogen-bond donors (Lipinski definition) is 1. The van der Waals surface area contributed by atoms with Gasteiger partial charge in [0.25, 0.3) is 0 Å². The summed E-state index contributed by atoms with van der Waals surface area (Å²) in [5.41, 5.74) is 1.92. The molecule has 0 amide bonds. The van der Waals surface area contributed by atoms with E-state index in [-0.39, 0.29) is 5.78 Å². The van der Waals surface area contributed by atoms with Crippen molar-refractivity contribution in [3.63, 3.8) is 0 Å². The van der Waals surface area contributed by atoms with Gasteiger partial charge in [-0.3, -0.25) is 4.79 Å². The molecule has 0 fully saturated rings. The Balaban J connectivity index is 2.70. The molecule has 12 heavy (non-hydrogen) atoms. The van der Waals surface area contributed by atoms with Gasteiger partial charge in [0, 0.05) is 6.42 Å². The van der Waals surface area contributed by atoms with Gasteiger partial charge >= 0.3 is 0 Å². The van der Waals surface area contributed by atoms with Crippen molar-refractivity contribution in [3.8, 4) is 0 Å². The third-order valence-corrected chi connectivity index (χ3v) is 2.10. The first-order valence-corrected chi connectivity index (χ1v) is 4.20. The van der Waals surface area contributed by atoms with Crippen LogP contribution in [0.25, 0.3) is 0 Å². The predicted octanol–water partition coefficient (Wildman–Crippen LogP) is 1.60. The molecule has 2 nitrogen and oxygen atoms in total. The summed E-state index contributed by atoms with van der Waals surface area (Å²) in [5.74, 6) is 0.236. The molecule has 1 rings (SSSR count). The third-order valence-electron chi connectivity index (χ3n) is 2.10. The van der Waals surface area contributed by atoms with E-state index < -0.39 is 6.10 Å². The number of allylic oxidation sites excluding steroid dienone is 3. The van der Waals surface area contributed by atoms with Crippen LogP contribution in [-0.4, -0.2) is 17.0 Å². The van der Waals surface area contributed by atoms with Gasteiger partial charge in [-0.2, -0.15) is 0 Å². The number of carbonyl (C=O) groups excluding carboxylic acids is 1. The molecule has 0 heterocycles. The van der Waals surface area contributed by atoms with Crippen molar-refractivity contribution in [2.24, 2.45) is 0 Å². The molecule has 0 aromatic heterocycles. The van der Waals surface area contributed by atoms with E-state index in [0.29, 0.717) is 6.42 Å². The molecule has 0 saturated heterocycles. The maximum absolute atomic E-state index is 11.1. The minimum atomic E-state index is -0.430. The minimum absolute atomic E-state index is 0.236. The summed E-state index contributed by atoms with van der Waals surface area (Å²) in [5, 5.41) is 8.97. The van der Waals surface area contributed by atoms with Gasteiger partial charge in [0.1, 0.15) is 0 Å². The van der Waals surface area contributed by atoms with Gasteiger partial charge in [0.15, 0.2) is 5.78 Å². The lowest BCUT2D eigenvalue weighted by molar-refractivity contribution is -0.114. The Morgan fingerprint density at radius 3 is 2.58 bits per heavy atom. The molecule has 1 atom stereocenters. The van der Waals surface area contributed by atoms with Crippen molar-refractivity contribution in [2.75, 3.05) is 0 Å². The van der Waals surface area contributed by atoms with Crippen LogP contribution >= 0.6 is 0 Å². The summed E-state index contributed by atoms with van der Waals surface area (Å²) in [6.45, 7) is 3.54. The van der Waals surface area contributed by atoms with E-state index in [2.05, 4.69) is 0 Å². The molecule has 1 unspecified atom stereocenters. The number of aliphatic hydroxyl groups is 1. The predicted molar refractivity (Wildman–Crippen MR) is 47.8 cm³/mol. The van der Waals surface area contributed by atoms with Crippen LogP contribution in [0, 0.1) is 0 Å². The maximum atomic E-state index is 11.1. The molecule has 0 saturated carbocycles. The fourth-order valence-corrected chi connectivity index (χ4v) is 1.27. The Morgan fingerprint density at radius 1 is 1.50 bits per heavy atom. The van der Waals surface area contributed by atoms with E-state index in [4.69, 9.17) is 5.11 Å². The fraction of sp³-hybridized carbons (Fsp3) is 0.500. The summed E-state index contributed by atoms with van der Waals surface area (Å²) in [6, 6.07) is 0. The molecule has 0 bridgehead atoms. The zero-order valence-electron chi connectivity index (χ0n) is 7.50. The van der Waals surface area contributed by atoms with Crippen LogP contribution in [0.5, 0.6) is 0 Å². The summed E-state index contributed by atoms with van der Waals surface area (Å²) in [6.07, 6.45) is 4.59. The van der Waals surface area contributed by atoms with Crippen LogP contribution in [0.4, 0.5) is 0 Å². The van der Waals surface area contributed by atoms with Crippen molar-refractivity contribution in [2.45, 2.75) is 32.8 Å². The van der Waals surface area contributed by atoms with Gasteiger partial charge in [-0.15, -0.1) is 0 Å². The molecular weight excluding hydrogens is 152 g/mol. The van der Waals surface area contributed by atoms with Crippen molar-refractivity contribution < 1.29 is 9.90 Å². The van der Waals surface area contributed by atoms with Gasteiger partial charge in [-0.1, -0.05) is 12.2 Å². The van der Waals surface area contributed by atoms with Crippen LogP contribution < -0.4 is 0 Å². The first-order valence-electron chi connectivity index (χ1n) is 4.20. The van der Waals surface area contributed by atoms with Crippen LogP contribution in [0.2, 0.25) is 0 Å². The minimum Gasteiger partial charge on any atom is -0.389 e. The van der Waals surface area contributed by atoms with Crippen molar-refractivity contribution in [3.05, 3.63) is 23.3 Å². The standard InChI is InChI=1S/C10H14O2/c1-7(11)3-4-9-5-6-10(12)8(9)2/h3-4,7,11H,5-6H2,1-2H3/b4-3-. The molecule has 0 aromatic carbocycles. The monoisotopic (exact) mass is 166 g/mol. The fourth-order valence-electron chi connectivity index (χ4n) is 1.27. The topological polar surface area (TPSA) is 37.3 Å². The lowest BCUT2D eigenvalue weighted by Gasteiger charge is -1.95. The number of Topliss-reactive ketones (excluding diaryl/α,β-unsaturated/α-hetero) is 1. The molecule has 0 aromatic rings. The van der Waals surface area contributed by atoms with Crippen LogP contribution in [-0.2, 0) is 4.79 Å². The van der Waals surface area contributed by atoms with Gasteiger partial charge in [0.05, 0.1) is 6.10 Å². The van der Waals surface area contributed by atoms with E-state index in [1.165, 1.54) is 0 Å². The molecule has 1 aliphatic rings. The Bertz CT molecular complexity index is 247. The average molecular weight is 166 g/mol. The SMILES string of the molecule is CC1=C(/C=C\C(C)O)CCC1=O. The average Bonchev–Trinajstić information content (AvgIpc) is 2.30. The first kappa shape index (κ1) is 9.20. The van der Waals surface area contributed by atoms with E-state index in [1.54, 1.807) is 13.0 Å². The molecule has 66 valence electrons. The highest BCUT2D eigenvalue weighted by atomic mass is 16.3. The lowest BCUT2D eigenvalue weighted by atomic mass is 10.1. The molecule has 1 aliphatic carbocycles. The lowest BCUT2D eigenvalue weighted by Crippen LogP contribution is -1.92. The molecule has 0 spiro atoms. The molecule has 0 radical (unpaired) electrons. The second-order valence-electron chi connectivity index (χ2n) is 3.17. The number of carbonyl (C=O) groups is 1. The second kappa shape index (κ2) is 3.68. The molecular formula is C10H14O2. The quantitative estimate of drug-likeness (QED) is 0.676. The van der Waals surface area contributed by atoms with E-state index >= 15 is 0 Å². The van der Waals surface area contributed by atoms with Gasteiger partial charge in [-0.05, 0) is 31.4 Å². The molecule has 1 N–H and O–H groups in total. The van der Waals surface area contributed by atoms with E-state index in [9.17, 15) is 4.79 Å². The summed E-state index contributed by atoms with van der Waals surface area (Å²) in [4.78, 5) is 11.1. The number of aliphatic hydroxyl groups excluding tert-OH is 1. The number of hydrogen-bond acceptors (Lipinski definition) is 2. The molecule has 2 heteroatoms. The second-order valence-corrected chi connectivity index (χ2v) is 3.17. The number of ketones is 1. The summed E-state index contributed by atoms with van der Waals surface area (Å²) < 4.78 is 0. The zero-order valence-corrected chi connectivity index (χ0v) is 7.50. The van der Waals surface area contributed by atoms with Crippen LogP contribution in [0.15, 0.2) is 23.3 Å². The summed E-state index contributed by atoms with van der Waals surface area (Å²) in [7, 11) is 0. The van der Waals surface area contributed by atoms with Gasteiger partial charge in [0.2, 0.25) is 0 Å². The third kappa shape index (κ3) is 2.05. The van der Waals surface area contributed by atoms with Crippen molar-refractivity contribution in [1.82, 2.24) is 0 Å². The van der Waals surface area contributed by atoms with Crippen molar-refractivity contribution in [1.29, 1.82) is 0 Å². The first-order chi connectivity index (χ1) is 5.61. The van der Waals surface area contributed by atoms with Crippen LogP contribution in [0.1, 0.15) is 26.7 Å². The zero-order chi connectivity index (χ0) is 9.14.